The molecule has 208 valence electrons. The molecule has 7 N–H and O–H groups in total. The average Bonchev–Trinajstić information content (AvgIpc) is 2.86. The monoisotopic (exact) mass is 551 g/mol. The second-order valence-electron chi connectivity index (χ2n) is 8.97. The van der Waals surface area contributed by atoms with Gasteiger partial charge in [0.1, 0.15) is 29.4 Å². The van der Waals surface area contributed by atoms with Crippen molar-refractivity contribution < 1.29 is 43.7 Å². The van der Waals surface area contributed by atoms with Gasteiger partial charge in [0.15, 0.2) is 0 Å². The van der Waals surface area contributed by atoms with Crippen LogP contribution in [0.3, 0.4) is 0 Å². The lowest BCUT2D eigenvalue weighted by molar-refractivity contribution is -0.149. The molecule has 0 aromatic heterocycles. The van der Waals surface area contributed by atoms with Crippen LogP contribution in [0.1, 0.15) is 31.4 Å². The van der Waals surface area contributed by atoms with Crippen molar-refractivity contribution >= 4 is 25.5 Å². The van der Waals surface area contributed by atoms with Crippen LogP contribution in [0.15, 0.2) is 48.5 Å². The highest BCUT2D eigenvalue weighted by atomic mass is 31.2. The number of nitrogens with one attached hydrogen (secondary N) is 1. The summed E-state index contributed by atoms with van der Waals surface area (Å²) in [5.41, 5.74) is 6.58. The third-order valence-electron chi connectivity index (χ3n) is 6.26. The molecule has 2 aromatic carbocycles. The van der Waals surface area contributed by atoms with Crippen molar-refractivity contribution in [1.82, 2.24) is 10.2 Å². The van der Waals surface area contributed by atoms with Crippen molar-refractivity contribution in [1.29, 1.82) is 0 Å². The molecule has 0 bridgehead atoms. The van der Waals surface area contributed by atoms with Crippen LogP contribution < -0.4 is 11.1 Å². The molecule has 0 aliphatic heterocycles. The molecule has 0 saturated carbocycles. The van der Waals surface area contributed by atoms with Crippen LogP contribution in [0.2, 0.25) is 0 Å². The first kappa shape index (κ1) is 30.6. The fourth-order valence-electron chi connectivity index (χ4n) is 3.99. The number of rotatable bonds is 12. The summed E-state index contributed by atoms with van der Waals surface area (Å²) in [4.78, 5) is 60.0. The van der Waals surface area contributed by atoms with Gasteiger partial charge < -0.3 is 35.8 Å². The molecule has 12 nitrogen and oxygen atoms in total. The van der Waals surface area contributed by atoms with Crippen molar-refractivity contribution in [2.24, 2.45) is 11.7 Å². The molecular formula is C25H34N3O9P. The number of esters is 1. The maximum atomic E-state index is 13.6. The van der Waals surface area contributed by atoms with Crippen molar-refractivity contribution in [3.05, 3.63) is 59.7 Å². The number of aromatic hydroxyl groups is 2. The summed E-state index contributed by atoms with van der Waals surface area (Å²) in [5, 5.41) is 21.5. The van der Waals surface area contributed by atoms with Gasteiger partial charge in [0.05, 0.1) is 7.11 Å². The highest BCUT2D eigenvalue weighted by Gasteiger charge is 2.42. The molecular weight excluding hydrogens is 517 g/mol. The van der Waals surface area contributed by atoms with E-state index in [4.69, 9.17) is 10.5 Å². The Bertz CT molecular complexity index is 1150. The molecule has 0 unspecified atom stereocenters. The smallest absolute Gasteiger partial charge is 0.347 e. The summed E-state index contributed by atoms with van der Waals surface area (Å²) in [6.07, 6.45) is -0.0558. The number of phenols is 2. The van der Waals surface area contributed by atoms with Crippen LogP contribution in [-0.2, 0) is 31.7 Å². The predicted molar refractivity (Wildman–Crippen MR) is 138 cm³/mol. The summed E-state index contributed by atoms with van der Waals surface area (Å²) in [6.45, 7) is 3.45. The van der Waals surface area contributed by atoms with Crippen molar-refractivity contribution in [2.75, 3.05) is 7.11 Å². The topological polar surface area (TPSA) is 200 Å². The summed E-state index contributed by atoms with van der Waals surface area (Å²) in [7, 11) is -3.78. The molecule has 3 amide bonds. The Morgan fingerprint density at radius 3 is 1.84 bits per heavy atom. The number of hydrogen-bond donors (Lipinski definition) is 6. The van der Waals surface area contributed by atoms with Gasteiger partial charge in [-0.2, -0.15) is 0 Å². The lowest BCUT2D eigenvalue weighted by atomic mass is 9.94. The number of amides is 3. The lowest BCUT2D eigenvalue weighted by Crippen LogP contribution is -2.61. The summed E-state index contributed by atoms with van der Waals surface area (Å²) in [5.74, 6) is -4.02. The minimum atomic E-state index is -4.92. The number of ether oxygens (including phenoxy) is 1. The van der Waals surface area contributed by atoms with E-state index in [1.165, 1.54) is 48.5 Å². The van der Waals surface area contributed by atoms with Crippen LogP contribution in [0.4, 0.5) is 4.79 Å². The zero-order valence-electron chi connectivity index (χ0n) is 21.4. The number of methoxy groups -OCH3 is 1. The average molecular weight is 552 g/mol. The summed E-state index contributed by atoms with van der Waals surface area (Å²) < 4.78 is 17.2. The zero-order valence-corrected chi connectivity index (χ0v) is 22.2. The van der Waals surface area contributed by atoms with E-state index in [1.54, 1.807) is 13.8 Å². The van der Waals surface area contributed by atoms with Crippen molar-refractivity contribution in [2.45, 2.75) is 51.0 Å². The van der Waals surface area contributed by atoms with Crippen LogP contribution in [-0.4, -0.2) is 67.8 Å². The molecule has 0 saturated heterocycles. The molecule has 0 fully saturated rings. The Morgan fingerprint density at radius 1 is 0.974 bits per heavy atom. The Kier molecular flexibility index (Phi) is 10.7. The van der Waals surface area contributed by atoms with Gasteiger partial charge >= 0.3 is 19.6 Å². The minimum Gasteiger partial charge on any atom is -0.508 e. The number of hydrogen-bond acceptors (Lipinski definition) is 7. The maximum absolute atomic E-state index is 13.6. The molecule has 0 spiro atoms. The summed E-state index contributed by atoms with van der Waals surface area (Å²) >= 11 is 0. The number of nitrogens with two attached hydrogens (primary N) is 1. The van der Waals surface area contributed by atoms with Crippen LogP contribution in [0, 0.1) is 5.92 Å². The maximum Gasteiger partial charge on any atom is 0.347 e. The zero-order chi connectivity index (χ0) is 28.6. The first-order valence-electron chi connectivity index (χ1n) is 11.8. The normalized spacial score (nSPS) is 14.6. The van der Waals surface area contributed by atoms with Crippen LogP contribution in [0.25, 0.3) is 0 Å². The molecule has 4 atom stereocenters. The number of carbonyl (C=O) groups is 3. The first-order valence-corrected chi connectivity index (χ1v) is 13.5. The van der Waals surface area contributed by atoms with Gasteiger partial charge in [0.25, 0.3) is 0 Å². The fraction of sp³-hybridized carbons (Fsp3) is 0.400. The molecule has 0 heterocycles. The Balaban J connectivity index is 2.54. The van der Waals surface area contributed by atoms with Crippen LogP contribution >= 0.6 is 7.60 Å². The Morgan fingerprint density at radius 2 is 1.45 bits per heavy atom. The molecule has 0 aliphatic rings. The van der Waals surface area contributed by atoms with Gasteiger partial charge in [-0.1, -0.05) is 44.5 Å². The van der Waals surface area contributed by atoms with E-state index in [2.05, 4.69) is 5.32 Å². The SMILES string of the molecule is CC[C@H](C)[C@@H](C(=O)OC)N(C(N)=O)[C@@H](Cc1ccc(O)cc1)C(=O)N[C@@H](Cc1ccc(O)cc1)P(=O)(O)O. The lowest BCUT2D eigenvalue weighted by Gasteiger charge is -2.38. The Labute approximate surface area is 220 Å². The highest BCUT2D eigenvalue weighted by molar-refractivity contribution is 7.52. The number of nitrogens with zero attached hydrogens (tertiary/aromatic N) is 1. The number of phenolic OH excluding ortho intramolecular Hbond substituents is 2. The van der Waals surface area contributed by atoms with Crippen molar-refractivity contribution in [3.8, 4) is 11.5 Å². The number of primary amides is 1. The standard InChI is InChI=1S/C25H34N3O9P/c1-4-15(2)22(24(32)37-3)28(25(26)33)20(13-16-5-9-18(29)10-6-16)23(31)27-21(38(34,35)36)14-17-7-11-19(30)12-8-17/h5-12,15,20-22,29-30H,4,13-14H2,1-3H3,(H2,26,33)(H,27,31)(H2,34,35,36)/t15-,20-,21+,22-/m0/s1. The van der Waals surface area contributed by atoms with E-state index < -0.39 is 49.3 Å². The van der Waals surface area contributed by atoms with Gasteiger partial charge in [-0.15, -0.1) is 0 Å². The largest absolute Gasteiger partial charge is 0.508 e. The second-order valence-corrected chi connectivity index (χ2v) is 10.8. The van der Waals surface area contributed by atoms with E-state index >= 15 is 0 Å². The number of benzene rings is 2. The van der Waals surface area contributed by atoms with Gasteiger partial charge in [-0.05, 0) is 41.3 Å². The van der Waals surface area contributed by atoms with E-state index in [-0.39, 0.29) is 24.3 Å². The van der Waals surface area contributed by atoms with E-state index in [0.29, 0.717) is 17.5 Å². The molecule has 38 heavy (non-hydrogen) atoms. The van der Waals surface area contributed by atoms with Crippen LogP contribution in [0.5, 0.6) is 11.5 Å². The second kappa shape index (κ2) is 13.3. The molecule has 0 radical (unpaired) electrons. The molecule has 2 rings (SSSR count). The predicted octanol–water partition coefficient (Wildman–Crippen LogP) is 1.84. The minimum absolute atomic E-state index is 0.0380. The van der Waals surface area contributed by atoms with E-state index in [1.807, 2.05) is 0 Å². The number of carbonyl (C=O) groups excluding carboxylic acids is 3. The molecule has 13 heteroatoms. The first-order chi connectivity index (χ1) is 17.8. The molecule has 0 aliphatic carbocycles. The Hall–Kier alpha value is -3.60. The van der Waals surface area contributed by atoms with Crippen molar-refractivity contribution in [3.63, 3.8) is 0 Å². The van der Waals surface area contributed by atoms with E-state index in [0.717, 1.165) is 12.0 Å². The van der Waals surface area contributed by atoms with Gasteiger partial charge in [0, 0.05) is 12.8 Å². The van der Waals surface area contributed by atoms with Gasteiger partial charge in [-0.3, -0.25) is 14.3 Å². The van der Waals surface area contributed by atoms with Gasteiger partial charge in [-0.25, -0.2) is 9.59 Å². The molecule has 2 aromatic rings. The third kappa shape index (κ3) is 8.20. The third-order valence-corrected chi connectivity index (χ3v) is 7.39. The summed E-state index contributed by atoms with van der Waals surface area (Å²) in [6, 6.07) is 7.48. The van der Waals surface area contributed by atoms with Gasteiger partial charge in [0.2, 0.25) is 5.91 Å². The van der Waals surface area contributed by atoms with E-state index in [9.17, 15) is 38.9 Å². The fourth-order valence-corrected chi connectivity index (χ4v) is 4.74. The quantitative estimate of drug-likeness (QED) is 0.168. The highest BCUT2D eigenvalue weighted by Crippen LogP contribution is 2.41. The number of urea groups is 1.